The second kappa shape index (κ2) is 19.6. The number of fused-ring (bicyclic) bond motifs is 1. The largest absolute Gasteiger partial charge is 0.391 e. The summed E-state index contributed by atoms with van der Waals surface area (Å²) in [4.78, 5) is 98.0. The lowest BCUT2D eigenvalue weighted by Gasteiger charge is -2.36. The van der Waals surface area contributed by atoms with Gasteiger partial charge in [-0.1, -0.05) is 45.0 Å². The number of β-amino-alcohol motifs (C(OH)–C–C–N with tert-alkyl or cyclic N) is 1. The van der Waals surface area contributed by atoms with Crippen molar-refractivity contribution in [2.24, 2.45) is 5.41 Å². The number of likely N-dealkylation sites (tertiary alicyclic amines) is 2. The van der Waals surface area contributed by atoms with Crippen LogP contribution in [0.25, 0.3) is 21.5 Å². The number of nitrogens with zero attached hydrogens (tertiary/aromatic N) is 4. The molecule has 68 heavy (non-hydrogen) atoms. The first-order chi connectivity index (χ1) is 32.3. The third-order valence-corrected chi connectivity index (χ3v) is 13.9. The van der Waals surface area contributed by atoms with Crippen molar-refractivity contribution in [2.75, 3.05) is 18.4 Å². The highest BCUT2D eigenvalue weighted by molar-refractivity contribution is 7.13. The van der Waals surface area contributed by atoms with Crippen molar-refractivity contribution in [3.8, 4) is 10.4 Å². The number of carbonyl (C=O) groups excluding carboxylic acids is 6. The Hall–Kier alpha value is -6.57. The van der Waals surface area contributed by atoms with E-state index in [1.54, 1.807) is 44.5 Å². The number of hydrazine groups is 1. The first-order valence-electron chi connectivity index (χ1n) is 22.9. The number of amides is 6. The van der Waals surface area contributed by atoms with Gasteiger partial charge in [0.2, 0.25) is 17.7 Å². The Morgan fingerprint density at radius 1 is 0.956 bits per heavy atom. The Kier molecular flexibility index (Phi) is 13.8. The summed E-state index contributed by atoms with van der Waals surface area (Å²) in [5.74, 6) is -3.04. The standard InChI is InChI=1S/C49H57FN10O7S/c1-27-7-6-20-59(27)25-39-53-35-17-16-33(21-37(35)54-39)52-43(63)31-12-14-32(15-13-31)44(64)58-57-40(62)23-36(29-8-10-30(11-9-29)41-28(2)51-26-68-41)55-45(65)38-22-34(61)24-60(38)46(66)42(48(3,4)5)56-47(67)49(50)18-19-49/h8-17,21,26-27,34,36,38,42,61H,6-7,18-20,22-25H2,1-5H3,(H,52,63)(H,53,54)(H,55,65)(H,56,67)(H,57,62)(H,58,64)/t27?,34-,36+,38+,42-/m1/s1. The van der Waals surface area contributed by atoms with Crippen LogP contribution in [0.3, 0.4) is 0 Å². The fourth-order valence-electron chi connectivity index (χ4n) is 8.73. The number of aromatic amines is 1. The van der Waals surface area contributed by atoms with Crippen molar-refractivity contribution < 1.29 is 38.3 Å². The van der Waals surface area contributed by atoms with E-state index in [0.29, 0.717) is 22.9 Å². The topological polar surface area (TPSA) is 231 Å². The minimum atomic E-state index is -2.04. The highest BCUT2D eigenvalue weighted by atomic mass is 32.1. The van der Waals surface area contributed by atoms with Gasteiger partial charge in [0.1, 0.15) is 17.9 Å². The number of rotatable bonds is 14. The van der Waals surface area contributed by atoms with E-state index in [0.717, 1.165) is 46.1 Å². The van der Waals surface area contributed by atoms with Crippen LogP contribution in [-0.4, -0.2) is 108 Å². The maximum Gasteiger partial charge on any atom is 0.269 e. The van der Waals surface area contributed by atoms with Crippen molar-refractivity contribution in [3.05, 3.63) is 100 Å². The molecule has 0 radical (unpaired) electrons. The predicted octanol–water partition coefficient (Wildman–Crippen LogP) is 5.23. The lowest BCUT2D eigenvalue weighted by atomic mass is 9.85. The van der Waals surface area contributed by atoms with E-state index in [-0.39, 0.29) is 43.7 Å². The van der Waals surface area contributed by atoms with Crippen LogP contribution in [-0.2, 0) is 25.7 Å². The number of aryl methyl sites for hydroxylation is 1. The first-order valence-corrected chi connectivity index (χ1v) is 23.8. The van der Waals surface area contributed by atoms with Gasteiger partial charge >= 0.3 is 0 Å². The Morgan fingerprint density at radius 3 is 2.29 bits per heavy atom. The summed E-state index contributed by atoms with van der Waals surface area (Å²) in [5.41, 5.74) is 8.53. The van der Waals surface area contributed by atoms with Crippen LogP contribution >= 0.6 is 11.3 Å². The number of carbonyl (C=O) groups is 6. The third-order valence-electron chi connectivity index (χ3n) is 12.9. The fourth-order valence-corrected chi connectivity index (χ4v) is 9.54. The van der Waals surface area contributed by atoms with Crippen LogP contribution in [0.4, 0.5) is 10.1 Å². The van der Waals surface area contributed by atoms with Crippen molar-refractivity contribution in [1.29, 1.82) is 0 Å². The summed E-state index contributed by atoms with van der Waals surface area (Å²) in [7, 11) is 0. The number of aliphatic hydroxyl groups excluding tert-OH is 1. The summed E-state index contributed by atoms with van der Waals surface area (Å²) < 4.78 is 14.7. The number of H-pyrrole nitrogens is 1. The second-order valence-electron chi connectivity index (χ2n) is 19.2. The summed E-state index contributed by atoms with van der Waals surface area (Å²) >= 11 is 1.47. The lowest BCUT2D eigenvalue weighted by molar-refractivity contribution is -0.145. The number of hydrogen-bond acceptors (Lipinski definition) is 11. The molecule has 5 aromatic rings. The Morgan fingerprint density at radius 2 is 1.66 bits per heavy atom. The van der Waals surface area contributed by atoms with Crippen molar-refractivity contribution >= 4 is 63.5 Å². The smallest absolute Gasteiger partial charge is 0.269 e. The molecule has 358 valence electrons. The van der Waals surface area contributed by atoms with Gasteiger partial charge in [0.05, 0.1) is 52.2 Å². The van der Waals surface area contributed by atoms with Gasteiger partial charge in [-0.3, -0.25) is 44.5 Å². The van der Waals surface area contributed by atoms with Gasteiger partial charge in [-0.2, -0.15) is 0 Å². The Labute approximate surface area is 397 Å². The first kappa shape index (κ1) is 47.9. The van der Waals surface area contributed by atoms with E-state index in [9.17, 15) is 38.3 Å². The zero-order chi connectivity index (χ0) is 48.5. The molecule has 1 aliphatic carbocycles. The molecule has 4 heterocycles. The second-order valence-corrected chi connectivity index (χ2v) is 20.1. The maximum absolute atomic E-state index is 14.7. The minimum Gasteiger partial charge on any atom is -0.391 e. The number of anilines is 1. The molecule has 19 heteroatoms. The number of aromatic nitrogens is 3. The quantitative estimate of drug-likeness (QED) is 0.0717. The molecule has 3 aromatic carbocycles. The minimum absolute atomic E-state index is 0.0554. The number of halogens is 1. The average Bonchev–Trinajstić information content (AvgIpc) is 3.70. The van der Waals surface area contributed by atoms with Gasteiger partial charge in [-0.25, -0.2) is 14.4 Å². The van der Waals surface area contributed by atoms with Gasteiger partial charge in [-0.05, 0) is 105 Å². The van der Waals surface area contributed by atoms with E-state index < -0.39 is 64.8 Å². The number of benzene rings is 3. The van der Waals surface area contributed by atoms with E-state index in [1.165, 1.54) is 53.3 Å². The molecule has 8 rings (SSSR count). The number of imidazole rings is 1. The van der Waals surface area contributed by atoms with Gasteiger partial charge in [0.25, 0.3) is 17.7 Å². The molecule has 3 aliphatic rings. The van der Waals surface area contributed by atoms with Gasteiger partial charge in [0, 0.05) is 35.8 Å². The molecule has 2 aliphatic heterocycles. The van der Waals surface area contributed by atoms with Crippen LogP contribution in [0.2, 0.25) is 0 Å². The highest BCUT2D eigenvalue weighted by Crippen LogP contribution is 2.40. The molecule has 3 fully saturated rings. The van der Waals surface area contributed by atoms with Crippen molar-refractivity contribution in [2.45, 2.75) is 116 Å². The molecule has 2 aromatic heterocycles. The summed E-state index contributed by atoms with van der Waals surface area (Å²) in [6.45, 7) is 10.8. The Bertz CT molecular complexity index is 2710. The van der Waals surface area contributed by atoms with Crippen LogP contribution in [0.1, 0.15) is 110 Å². The number of hydrogen-bond donors (Lipinski definition) is 7. The molecular formula is C49H57FN10O7S. The lowest BCUT2D eigenvalue weighted by Crippen LogP contribution is -2.59. The molecular weight excluding hydrogens is 892 g/mol. The molecule has 7 N–H and O–H groups in total. The fraction of sp³-hybridized carbons (Fsp3) is 0.429. The molecule has 17 nitrogen and oxygen atoms in total. The summed E-state index contributed by atoms with van der Waals surface area (Å²) in [6.07, 6.45) is 0.921. The highest BCUT2D eigenvalue weighted by Gasteiger charge is 2.53. The maximum atomic E-state index is 14.7. The number of nitrogens with one attached hydrogen (secondary N) is 6. The SMILES string of the molecule is Cc1ncsc1-c1ccc([C@H](CC(=O)NNC(=O)c2ccc(C(=O)Nc3ccc4nc(CN5CCCC5C)[nH]c4c3)cc2)NC(=O)[C@@H]2C[C@@H](O)CN2C(=O)[C@@H](NC(=O)C2(F)CC2)C(C)(C)C)cc1. The van der Waals surface area contributed by atoms with Crippen LogP contribution < -0.4 is 26.8 Å². The normalized spacial score (nSPS) is 19.8. The Balaban J connectivity index is 0.907. The number of alkyl halides is 1. The van der Waals surface area contributed by atoms with Gasteiger partial charge < -0.3 is 30.9 Å². The third kappa shape index (κ3) is 10.9. The molecule has 2 saturated heterocycles. The molecule has 0 spiro atoms. The molecule has 0 bridgehead atoms. The van der Waals surface area contributed by atoms with E-state index in [1.807, 2.05) is 31.2 Å². The zero-order valence-corrected chi connectivity index (χ0v) is 39.5. The molecule has 1 saturated carbocycles. The van der Waals surface area contributed by atoms with E-state index in [2.05, 4.69) is 48.6 Å². The molecule has 5 atom stereocenters. The van der Waals surface area contributed by atoms with Crippen LogP contribution in [0, 0.1) is 12.3 Å². The van der Waals surface area contributed by atoms with Crippen LogP contribution in [0.15, 0.2) is 72.2 Å². The molecule has 1 unspecified atom stereocenters. The van der Waals surface area contributed by atoms with E-state index >= 15 is 0 Å². The average molecular weight is 949 g/mol. The summed E-state index contributed by atoms with van der Waals surface area (Å²) in [5, 5.41) is 19.1. The monoisotopic (exact) mass is 948 g/mol. The number of thiazole rings is 1. The number of aliphatic hydroxyl groups is 1. The van der Waals surface area contributed by atoms with Gasteiger partial charge in [-0.15, -0.1) is 11.3 Å². The van der Waals surface area contributed by atoms with Gasteiger partial charge in [0.15, 0.2) is 5.67 Å². The predicted molar refractivity (Wildman–Crippen MR) is 254 cm³/mol. The van der Waals surface area contributed by atoms with Crippen molar-refractivity contribution in [3.63, 3.8) is 0 Å². The van der Waals surface area contributed by atoms with E-state index in [4.69, 9.17) is 4.98 Å². The van der Waals surface area contributed by atoms with Crippen molar-refractivity contribution in [1.82, 2.24) is 46.2 Å². The van der Waals surface area contributed by atoms with Crippen LogP contribution in [0.5, 0.6) is 0 Å². The summed E-state index contributed by atoms with van der Waals surface area (Å²) in [6, 6.07) is 15.7. The molecule has 6 amide bonds. The zero-order valence-electron chi connectivity index (χ0n) is 38.7.